The molecule has 1 saturated carbocycles. The summed E-state index contributed by atoms with van der Waals surface area (Å²) in [4.78, 5) is 15.5. The van der Waals surface area contributed by atoms with Gasteiger partial charge in [-0.1, -0.05) is 23.8 Å². The SMILES string of the molecule is Cc1ccc(C(=O)Nc2ccc3c(c2)C[C@@H]2CCC(C3)[C@H]2NCc2ccc(C)s2)cc1. The molecule has 3 aromatic rings. The first kappa shape index (κ1) is 20.5. The van der Waals surface area contributed by atoms with Crippen molar-refractivity contribution >= 4 is 22.9 Å². The van der Waals surface area contributed by atoms with Crippen molar-refractivity contribution in [2.24, 2.45) is 11.8 Å². The van der Waals surface area contributed by atoms with Gasteiger partial charge in [0, 0.05) is 33.6 Å². The first-order valence-corrected chi connectivity index (χ1v) is 12.2. The van der Waals surface area contributed by atoms with Crippen LogP contribution < -0.4 is 10.6 Å². The predicted octanol–water partition coefficient (Wildman–Crippen LogP) is 5.90. The third-order valence-electron chi connectivity index (χ3n) is 6.97. The number of hydrogen-bond acceptors (Lipinski definition) is 3. The molecule has 1 aromatic heterocycles. The van der Waals surface area contributed by atoms with Crippen LogP contribution in [-0.2, 0) is 19.4 Å². The molecule has 1 unspecified atom stereocenters. The molecule has 5 rings (SSSR count). The second-order valence-electron chi connectivity index (χ2n) is 9.23. The maximum absolute atomic E-state index is 12.6. The van der Waals surface area contributed by atoms with Crippen LogP contribution in [0.4, 0.5) is 5.69 Å². The number of thiophene rings is 1. The van der Waals surface area contributed by atoms with Crippen LogP contribution in [0.1, 0.15) is 49.6 Å². The molecule has 1 fully saturated rings. The van der Waals surface area contributed by atoms with Crippen molar-refractivity contribution in [1.82, 2.24) is 5.32 Å². The zero-order valence-electron chi connectivity index (χ0n) is 18.3. The van der Waals surface area contributed by atoms with Crippen LogP contribution in [0.2, 0.25) is 0 Å². The molecule has 2 N–H and O–H groups in total. The molecule has 2 aliphatic rings. The van der Waals surface area contributed by atoms with Gasteiger partial charge in [-0.3, -0.25) is 4.79 Å². The minimum atomic E-state index is -0.0409. The summed E-state index contributed by atoms with van der Waals surface area (Å²) in [6.07, 6.45) is 4.85. The number of hydrogen-bond donors (Lipinski definition) is 2. The van der Waals surface area contributed by atoms with E-state index in [-0.39, 0.29) is 5.91 Å². The monoisotopic (exact) mass is 430 g/mol. The molecule has 4 heteroatoms. The fourth-order valence-electron chi connectivity index (χ4n) is 5.33. The quantitative estimate of drug-likeness (QED) is 0.529. The second-order valence-corrected chi connectivity index (χ2v) is 10.6. The molecule has 0 aliphatic heterocycles. The number of rotatable bonds is 5. The van der Waals surface area contributed by atoms with Gasteiger partial charge in [-0.15, -0.1) is 11.3 Å². The summed E-state index contributed by atoms with van der Waals surface area (Å²) in [5, 5.41) is 7.00. The number of carbonyl (C=O) groups excluding carboxylic acids is 1. The molecule has 160 valence electrons. The van der Waals surface area contributed by atoms with Crippen LogP contribution in [0, 0.1) is 25.7 Å². The summed E-state index contributed by atoms with van der Waals surface area (Å²) in [5.41, 5.74) is 5.63. The van der Waals surface area contributed by atoms with E-state index in [1.54, 1.807) is 0 Å². The first-order valence-electron chi connectivity index (χ1n) is 11.3. The smallest absolute Gasteiger partial charge is 0.255 e. The van der Waals surface area contributed by atoms with Crippen LogP contribution in [0.3, 0.4) is 0 Å². The van der Waals surface area contributed by atoms with E-state index in [0.29, 0.717) is 23.4 Å². The third kappa shape index (κ3) is 4.46. The van der Waals surface area contributed by atoms with Crippen molar-refractivity contribution in [3.8, 4) is 0 Å². The normalized spacial score (nSPS) is 22.1. The van der Waals surface area contributed by atoms with E-state index < -0.39 is 0 Å². The van der Waals surface area contributed by atoms with E-state index in [4.69, 9.17) is 0 Å². The molecule has 0 spiro atoms. The zero-order chi connectivity index (χ0) is 21.4. The molecule has 2 aromatic carbocycles. The molecule has 3 nitrogen and oxygen atoms in total. The summed E-state index contributed by atoms with van der Waals surface area (Å²) in [7, 11) is 0. The highest BCUT2D eigenvalue weighted by atomic mass is 32.1. The van der Waals surface area contributed by atoms with Crippen LogP contribution >= 0.6 is 11.3 Å². The van der Waals surface area contributed by atoms with Gasteiger partial charge in [-0.2, -0.15) is 0 Å². The molecule has 0 radical (unpaired) electrons. The van der Waals surface area contributed by atoms with E-state index in [2.05, 4.69) is 47.9 Å². The van der Waals surface area contributed by atoms with Gasteiger partial charge in [-0.05, 0) is 98.9 Å². The van der Waals surface area contributed by atoms with Gasteiger partial charge < -0.3 is 10.6 Å². The highest BCUT2D eigenvalue weighted by molar-refractivity contribution is 7.11. The minimum Gasteiger partial charge on any atom is -0.322 e. The highest BCUT2D eigenvalue weighted by Crippen LogP contribution is 2.41. The number of nitrogens with one attached hydrogen (secondary N) is 2. The maximum Gasteiger partial charge on any atom is 0.255 e. The summed E-state index contributed by atoms with van der Waals surface area (Å²) in [5.74, 6) is 1.34. The minimum absolute atomic E-state index is 0.0409. The lowest BCUT2D eigenvalue weighted by molar-refractivity contribution is 0.102. The van der Waals surface area contributed by atoms with Crippen molar-refractivity contribution in [2.75, 3.05) is 5.32 Å². The summed E-state index contributed by atoms with van der Waals surface area (Å²) in [6, 6.07) is 19.3. The van der Waals surface area contributed by atoms with Gasteiger partial charge >= 0.3 is 0 Å². The second kappa shape index (κ2) is 8.60. The largest absolute Gasteiger partial charge is 0.322 e. The fraction of sp³-hybridized carbons (Fsp3) is 0.370. The van der Waals surface area contributed by atoms with Crippen LogP contribution in [0.15, 0.2) is 54.6 Å². The molecule has 2 bridgehead atoms. The number of benzene rings is 2. The third-order valence-corrected chi connectivity index (χ3v) is 7.97. The molecule has 1 heterocycles. The van der Waals surface area contributed by atoms with Crippen LogP contribution in [-0.4, -0.2) is 11.9 Å². The van der Waals surface area contributed by atoms with E-state index >= 15 is 0 Å². The number of anilines is 1. The molecular weight excluding hydrogens is 400 g/mol. The number of fused-ring (bicyclic) bond motifs is 3. The Morgan fingerprint density at radius 1 is 0.935 bits per heavy atom. The van der Waals surface area contributed by atoms with Crippen LogP contribution in [0.5, 0.6) is 0 Å². The fourth-order valence-corrected chi connectivity index (χ4v) is 6.17. The van der Waals surface area contributed by atoms with Gasteiger partial charge in [0.05, 0.1) is 0 Å². The summed E-state index contributed by atoms with van der Waals surface area (Å²) in [6.45, 7) is 5.19. The van der Waals surface area contributed by atoms with Crippen molar-refractivity contribution in [3.05, 3.63) is 86.6 Å². The molecule has 31 heavy (non-hydrogen) atoms. The van der Waals surface area contributed by atoms with E-state index in [1.165, 1.54) is 33.7 Å². The van der Waals surface area contributed by atoms with Gasteiger partial charge in [0.1, 0.15) is 0 Å². The lowest BCUT2D eigenvalue weighted by atomic mass is 9.93. The average molecular weight is 431 g/mol. The Hall–Kier alpha value is -2.43. The standard InChI is InChI=1S/C27H30N2OS/c1-17-3-6-19(7-4-17)27(30)29-24-11-10-20-13-21-8-9-22(14-23(20)15-24)26(21)28-16-25-12-5-18(2)31-25/h3-7,10-12,15,21-22,26,28H,8-9,13-14,16H2,1-2H3,(H,29,30)/t21?,22-,26+/m0/s1. The lowest BCUT2D eigenvalue weighted by Gasteiger charge is -2.23. The topological polar surface area (TPSA) is 41.1 Å². The Balaban J connectivity index is 1.28. The number of amides is 1. The number of aryl methyl sites for hydroxylation is 2. The molecule has 3 atom stereocenters. The Kier molecular flexibility index (Phi) is 5.68. The predicted molar refractivity (Wildman–Crippen MR) is 129 cm³/mol. The Labute approximate surface area is 188 Å². The van der Waals surface area contributed by atoms with Crippen molar-refractivity contribution in [1.29, 1.82) is 0 Å². The van der Waals surface area contributed by atoms with E-state index in [0.717, 1.165) is 30.6 Å². The molecule has 1 amide bonds. The summed E-state index contributed by atoms with van der Waals surface area (Å²) >= 11 is 1.90. The Bertz CT molecular complexity index is 1080. The van der Waals surface area contributed by atoms with Gasteiger partial charge in [0.2, 0.25) is 0 Å². The molecule has 2 aliphatic carbocycles. The van der Waals surface area contributed by atoms with E-state index in [1.807, 2.05) is 42.5 Å². The zero-order valence-corrected chi connectivity index (χ0v) is 19.1. The van der Waals surface area contributed by atoms with Crippen LogP contribution in [0.25, 0.3) is 0 Å². The number of carbonyl (C=O) groups is 1. The summed E-state index contributed by atoms with van der Waals surface area (Å²) < 4.78 is 0. The maximum atomic E-state index is 12.6. The van der Waals surface area contributed by atoms with Crippen molar-refractivity contribution in [2.45, 2.75) is 52.1 Å². The van der Waals surface area contributed by atoms with Gasteiger partial charge in [0.15, 0.2) is 0 Å². The van der Waals surface area contributed by atoms with Gasteiger partial charge in [0.25, 0.3) is 5.91 Å². The molecular formula is C27H30N2OS. The average Bonchev–Trinajstić information content (AvgIpc) is 3.29. The lowest BCUT2D eigenvalue weighted by Crippen LogP contribution is -2.37. The van der Waals surface area contributed by atoms with Crippen molar-refractivity contribution < 1.29 is 4.79 Å². The Morgan fingerprint density at radius 3 is 2.39 bits per heavy atom. The molecule has 0 saturated heterocycles. The van der Waals surface area contributed by atoms with Gasteiger partial charge in [-0.25, -0.2) is 0 Å². The first-order chi connectivity index (χ1) is 15.0. The van der Waals surface area contributed by atoms with E-state index in [9.17, 15) is 4.79 Å². The Morgan fingerprint density at radius 2 is 1.68 bits per heavy atom. The van der Waals surface area contributed by atoms with Crippen molar-refractivity contribution in [3.63, 3.8) is 0 Å². The highest BCUT2D eigenvalue weighted by Gasteiger charge is 2.38.